The van der Waals surface area contributed by atoms with Crippen LogP contribution in [0.3, 0.4) is 0 Å². The van der Waals surface area contributed by atoms with E-state index in [0.717, 1.165) is 12.1 Å². The van der Waals surface area contributed by atoms with E-state index in [4.69, 9.17) is 0 Å². The standard InChI is InChI=1S/C16H17F3N2O2/c1-21-9-3-6-13(21)14(22)7-8-20-15(23)11-4-2-5-12(10-11)16(17,18)19/h2-6,9-10,14,22H,7-8H2,1H3,(H,20,23)/t14-/m1/s1. The van der Waals surface area contributed by atoms with Gasteiger partial charge in [0.1, 0.15) is 0 Å². The quantitative estimate of drug-likeness (QED) is 0.888. The summed E-state index contributed by atoms with van der Waals surface area (Å²) in [6, 6.07) is 7.78. The first kappa shape index (κ1) is 17.1. The van der Waals surface area contributed by atoms with Crippen LogP contribution in [0.15, 0.2) is 42.6 Å². The van der Waals surface area contributed by atoms with Gasteiger partial charge in [-0.2, -0.15) is 13.2 Å². The van der Waals surface area contributed by atoms with E-state index in [2.05, 4.69) is 5.32 Å². The Morgan fingerprint density at radius 1 is 1.30 bits per heavy atom. The Labute approximate surface area is 131 Å². The maximum atomic E-state index is 12.6. The summed E-state index contributed by atoms with van der Waals surface area (Å²) in [4.78, 5) is 11.9. The average Bonchev–Trinajstić information content (AvgIpc) is 2.92. The summed E-state index contributed by atoms with van der Waals surface area (Å²) in [5, 5.41) is 12.5. The molecule has 1 amide bonds. The minimum atomic E-state index is -4.49. The predicted octanol–water partition coefficient (Wildman–Crippen LogP) is 2.90. The van der Waals surface area contributed by atoms with Crippen LogP contribution in [0, 0.1) is 0 Å². The number of aliphatic hydroxyl groups is 1. The number of amides is 1. The number of aromatic nitrogens is 1. The maximum Gasteiger partial charge on any atom is 0.416 e. The molecule has 0 radical (unpaired) electrons. The maximum absolute atomic E-state index is 12.6. The van der Waals surface area contributed by atoms with Crippen molar-refractivity contribution in [1.82, 2.24) is 9.88 Å². The van der Waals surface area contributed by atoms with Crippen molar-refractivity contribution in [2.45, 2.75) is 18.7 Å². The van der Waals surface area contributed by atoms with Crippen LogP contribution >= 0.6 is 0 Å². The second-order valence-corrected chi connectivity index (χ2v) is 5.18. The van der Waals surface area contributed by atoms with Crippen molar-refractivity contribution in [2.75, 3.05) is 6.54 Å². The largest absolute Gasteiger partial charge is 0.416 e. The van der Waals surface area contributed by atoms with Crippen LogP contribution in [0.4, 0.5) is 13.2 Å². The second-order valence-electron chi connectivity index (χ2n) is 5.18. The molecule has 0 bridgehead atoms. The molecule has 0 aliphatic heterocycles. The normalized spacial score (nSPS) is 12.9. The molecular weight excluding hydrogens is 309 g/mol. The molecule has 124 valence electrons. The highest BCUT2D eigenvalue weighted by molar-refractivity contribution is 5.94. The van der Waals surface area contributed by atoms with Crippen LogP contribution < -0.4 is 5.32 Å². The Morgan fingerprint density at radius 3 is 2.65 bits per heavy atom. The molecule has 23 heavy (non-hydrogen) atoms. The smallest absolute Gasteiger partial charge is 0.387 e. The SMILES string of the molecule is Cn1cccc1[C@H](O)CCNC(=O)c1cccc(C(F)(F)F)c1. The van der Waals surface area contributed by atoms with Gasteiger partial charge in [-0.15, -0.1) is 0 Å². The topological polar surface area (TPSA) is 54.3 Å². The van der Waals surface area contributed by atoms with Crippen LogP contribution in [-0.4, -0.2) is 22.1 Å². The van der Waals surface area contributed by atoms with Crippen molar-refractivity contribution < 1.29 is 23.1 Å². The molecule has 2 N–H and O–H groups in total. The lowest BCUT2D eigenvalue weighted by atomic mass is 10.1. The van der Waals surface area contributed by atoms with E-state index < -0.39 is 23.8 Å². The second kappa shape index (κ2) is 6.87. The summed E-state index contributed by atoms with van der Waals surface area (Å²) in [7, 11) is 1.79. The molecule has 2 rings (SSSR count). The molecule has 0 spiro atoms. The minimum absolute atomic E-state index is 0.0619. The van der Waals surface area contributed by atoms with Gasteiger partial charge in [0.2, 0.25) is 0 Å². The molecule has 1 atom stereocenters. The molecule has 0 aliphatic carbocycles. The van der Waals surface area contributed by atoms with E-state index in [1.807, 2.05) is 0 Å². The number of nitrogens with zero attached hydrogens (tertiary/aromatic N) is 1. The van der Waals surface area contributed by atoms with Gasteiger partial charge in [0.05, 0.1) is 11.7 Å². The third-order valence-electron chi connectivity index (χ3n) is 3.48. The van der Waals surface area contributed by atoms with Gasteiger partial charge in [-0.1, -0.05) is 6.07 Å². The Balaban J connectivity index is 1.92. The summed E-state index contributed by atoms with van der Waals surface area (Å²) < 4.78 is 39.6. The van der Waals surface area contributed by atoms with Gasteiger partial charge in [-0.05, 0) is 36.8 Å². The molecule has 1 aromatic carbocycles. The van der Waals surface area contributed by atoms with E-state index in [1.54, 1.807) is 29.9 Å². The van der Waals surface area contributed by atoms with Crippen LogP contribution in [0.1, 0.15) is 34.1 Å². The van der Waals surface area contributed by atoms with Crippen LogP contribution in [-0.2, 0) is 13.2 Å². The van der Waals surface area contributed by atoms with Gasteiger partial charge in [-0.3, -0.25) is 4.79 Å². The van der Waals surface area contributed by atoms with Crippen molar-refractivity contribution in [2.24, 2.45) is 7.05 Å². The number of rotatable bonds is 5. The third-order valence-corrected chi connectivity index (χ3v) is 3.48. The van der Waals surface area contributed by atoms with Crippen LogP contribution in [0.5, 0.6) is 0 Å². The van der Waals surface area contributed by atoms with Crippen molar-refractivity contribution >= 4 is 5.91 Å². The highest BCUT2D eigenvalue weighted by Crippen LogP contribution is 2.29. The number of carbonyl (C=O) groups excluding carboxylic acids is 1. The number of alkyl halides is 3. The molecule has 4 nitrogen and oxygen atoms in total. The number of aliphatic hydroxyl groups excluding tert-OH is 1. The number of halogens is 3. The zero-order chi connectivity index (χ0) is 17.0. The zero-order valence-corrected chi connectivity index (χ0v) is 12.5. The molecule has 0 aliphatic rings. The lowest BCUT2D eigenvalue weighted by Gasteiger charge is -2.13. The third kappa shape index (κ3) is 4.35. The Bertz CT molecular complexity index is 680. The highest BCUT2D eigenvalue weighted by atomic mass is 19.4. The van der Waals surface area contributed by atoms with E-state index in [-0.39, 0.29) is 18.5 Å². The molecule has 0 fully saturated rings. The predicted molar refractivity (Wildman–Crippen MR) is 78.8 cm³/mol. The summed E-state index contributed by atoms with van der Waals surface area (Å²) >= 11 is 0. The van der Waals surface area contributed by atoms with E-state index in [9.17, 15) is 23.1 Å². The molecule has 7 heteroatoms. The fourth-order valence-corrected chi connectivity index (χ4v) is 2.23. The summed E-state index contributed by atoms with van der Waals surface area (Å²) in [5.41, 5.74) is -0.222. The minimum Gasteiger partial charge on any atom is -0.387 e. The van der Waals surface area contributed by atoms with Gasteiger partial charge >= 0.3 is 6.18 Å². The van der Waals surface area contributed by atoms with Crippen molar-refractivity contribution in [1.29, 1.82) is 0 Å². The van der Waals surface area contributed by atoms with Gasteiger partial charge in [0.25, 0.3) is 5.91 Å². The monoisotopic (exact) mass is 326 g/mol. The summed E-state index contributed by atoms with van der Waals surface area (Å²) in [6.45, 7) is 0.154. The molecule has 1 aromatic heterocycles. The number of carbonyl (C=O) groups is 1. The Morgan fingerprint density at radius 2 is 2.04 bits per heavy atom. The molecular formula is C16H17F3N2O2. The van der Waals surface area contributed by atoms with Crippen molar-refractivity contribution in [3.8, 4) is 0 Å². The Kier molecular flexibility index (Phi) is 5.10. The van der Waals surface area contributed by atoms with Crippen LogP contribution in [0.2, 0.25) is 0 Å². The number of hydrogen-bond acceptors (Lipinski definition) is 2. The number of hydrogen-bond donors (Lipinski definition) is 2. The van der Waals surface area contributed by atoms with Gasteiger partial charge in [0, 0.05) is 31.0 Å². The lowest BCUT2D eigenvalue weighted by Crippen LogP contribution is -2.26. The summed E-state index contributed by atoms with van der Waals surface area (Å²) in [6.07, 6.45) is -3.18. The number of aryl methyl sites for hydroxylation is 1. The highest BCUT2D eigenvalue weighted by Gasteiger charge is 2.30. The Hall–Kier alpha value is -2.28. The fourth-order valence-electron chi connectivity index (χ4n) is 2.23. The van der Waals surface area contributed by atoms with Gasteiger partial charge in [0.15, 0.2) is 0 Å². The molecule has 2 aromatic rings. The van der Waals surface area contributed by atoms with Gasteiger partial charge in [-0.25, -0.2) is 0 Å². The van der Waals surface area contributed by atoms with Crippen LogP contribution in [0.25, 0.3) is 0 Å². The lowest BCUT2D eigenvalue weighted by molar-refractivity contribution is -0.137. The zero-order valence-electron chi connectivity index (χ0n) is 12.5. The first-order valence-corrected chi connectivity index (χ1v) is 7.04. The van der Waals surface area contributed by atoms with Crippen molar-refractivity contribution in [3.05, 3.63) is 59.4 Å². The first-order chi connectivity index (χ1) is 10.8. The average molecular weight is 326 g/mol. The van der Waals surface area contributed by atoms with Gasteiger partial charge < -0.3 is 15.0 Å². The first-order valence-electron chi connectivity index (χ1n) is 7.04. The van der Waals surface area contributed by atoms with E-state index >= 15 is 0 Å². The summed E-state index contributed by atoms with van der Waals surface area (Å²) in [5.74, 6) is -0.602. The number of benzene rings is 1. The number of nitrogens with one attached hydrogen (secondary N) is 1. The molecule has 1 heterocycles. The molecule has 0 saturated carbocycles. The molecule has 0 unspecified atom stereocenters. The molecule has 0 saturated heterocycles. The fraction of sp³-hybridized carbons (Fsp3) is 0.312. The van der Waals surface area contributed by atoms with E-state index in [1.165, 1.54) is 12.1 Å². The van der Waals surface area contributed by atoms with Crippen molar-refractivity contribution in [3.63, 3.8) is 0 Å². The van der Waals surface area contributed by atoms with E-state index in [0.29, 0.717) is 5.69 Å².